The molecule has 0 fully saturated rings. The zero-order valence-electron chi connectivity index (χ0n) is 8.41. The molecule has 0 spiro atoms. The van der Waals surface area contributed by atoms with Gasteiger partial charge in [-0.15, -0.1) is 0 Å². The van der Waals surface area contributed by atoms with Gasteiger partial charge in [-0.1, -0.05) is 19.9 Å². The minimum absolute atomic E-state index is 0.175. The molecule has 0 saturated carbocycles. The van der Waals surface area contributed by atoms with Crippen LogP contribution < -0.4 is 4.74 Å². The molecule has 0 radical (unpaired) electrons. The van der Waals surface area contributed by atoms with Crippen LogP contribution in [0.5, 0.6) is 11.5 Å². The third-order valence-corrected chi connectivity index (χ3v) is 1.96. The van der Waals surface area contributed by atoms with Crippen molar-refractivity contribution in [3.63, 3.8) is 0 Å². The van der Waals surface area contributed by atoms with E-state index in [0.29, 0.717) is 12.2 Å². The van der Waals surface area contributed by atoms with E-state index in [1.54, 1.807) is 19.1 Å². The minimum Gasteiger partial charge on any atom is -0.508 e. The van der Waals surface area contributed by atoms with E-state index in [-0.39, 0.29) is 11.7 Å². The lowest BCUT2D eigenvalue weighted by Gasteiger charge is -2.05. The molecule has 0 unspecified atom stereocenters. The number of esters is 1. The summed E-state index contributed by atoms with van der Waals surface area (Å²) in [5, 5.41) is 9.49. The number of carbonyl (C=O) groups excluding carboxylic acids is 1. The number of hydrogen-bond donors (Lipinski definition) is 1. The topological polar surface area (TPSA) is 46.5 Å². The van der Waals surface area contributed by atoms with Crippen LogP contribution in [0.3, 0.4) is 0 Å². The Kier molecular flexibility index (Phi) is 3.51. The van der Waals surface area contributed by atoms with Gasteiger partial charge in [0.1, 0.15) is 11.5 Å². The first-order chi connectivity index (χ1) is 6.67. The van der Waals surface area contributed by atoms with Gasteiger partial charge in [0.2, 0.25) is 0 Å². The summed E-state index contributed by atoms with van der Waals surface area (Å²) in [4.78, 5) is 10.9. The predicted molar refractivity (Wildman–Crippen MR) is 53.4 cm³/mol. The minimum atomic E-state index is -0.298. The molecular formula is C11H14O3. The molecule has 3 heteroatoms. The fraction of sp³-hybridized carbons (Fsp3) is 0.364. The molecule has 0 aliphatic heterocycles. The van der Waals surface area contributed by atoms with Gasteiger partial charge in [-0.3, -0.25) is 4.79 Å². The number of aryl methyl sites for hydroxylation is 1. The highest BCUT2D eigenvalue weighted by molar-refractivity contribution is 5.72. The Morgan fingerprint density at radius 3 is 2.64 bits per heavy atom. The second kappa shape index (κ2) is 4.65. The van der Waals surface area contributed by atoms with Gasteiger partial charge in [0, 0.05) is 12.5 Å². The van der Waals surface area contributed by atoms with Gasteiger partial charge in [-0.2, -0.15) is 0 Å². The Labute approximate surface area is 83.3 Å². The number of benzene rings is 1. The lowest BCUT2D eigenvalue weighted by Crippen LogP contribution is -2.05. The van der Waals surface area contributed by atoms with E-state index in [9.17, 15) is 9.90 Å². The van der Waals surface area contributed by atoms with E-state index in [1.165, 1.54) is 6.07 Å². The summed E-state index contributed by atoms with van der Waals surface area (Å²) in [6.45, 7) is 3.68. The van der Waals surface area contributed by atoms with Crippen molar-refractivity contribution >= 4 is 5.97 Å². The van der Waals surface area contributed by atoms with Crippen LogP contribution in [0.2, 0.25) is 0 Å². The van der Waals surface area contributed by atoms with Gasteiger partial charge in [0.25, 0.3) is 0 Å². The van der Waals surface area contributed by atoms with Gasteiger partial charge < -0.3 is 9.84 Å². The first-order valence-electron chi connectivity index (χ1n) is 4.70. The Balaban J connectivity index is 2.81. The molecule has 0 atom stereocenters. The zero-order valence-corrected chi connectivity index (χ0v) is 8.41. The van der Waals surface area contributed by atoms with Gasteiger partial charge in [-0.05, 0) is 18.1 Å². The number of hydrogen-bond acceptors (Lipinski definition) is 3. The second-order valence-corrected chi connectivity index (χ2v) is 2.97. The Morgan fingerprint density at radius 1 is 1.43 bits per heavy atom. The average molecular weight is 194 g/mol. The smallest absolute Gasteiger partial charge is 0.310 e. The molecule has 0 heterocycles. The van der Waals surface area contributed by atoms with Crippen LogP contribution in [0, 0.1) is 0 Å². The lowest BCUT2D eigenvalue weighted by atomic mass is 10.1. The molecule has 3 nitrogen and oxygen atoms in total. The Hall–Kier alpha value is -1.51. The van der Waals surface area contributed by atoms with Crippen molar-refractivity contribution in [1.29, 1.82) is 0 Å². The molecule has 1 N–H and O–H groups in total. The van der Waals surface area contributed by atoms with Crippen LogP contribution >= 0.6 is 0 Å². The standard InChI is InChI=1S/C11H14O3/c1-3-8-5-6-9(7-10(8)12)14-11(13)4-2/h5-7,12H,3-4H2,1-2H3. The second-order valence-electron chi connectivity index (χ2n) is 2.97. The Bertz CT molecular complexity index is 331. The molecule has 0 aliphatic rings. The van der Waals surface area contributed by atoms with E-state index in [2.05, 4.69) is 0 Å². The van der Waals surface area contributed by atoms with Crippen molar-refractivity contribution in [2.45, 2.75) is 26.7 Å². The molecule has 0 amide bonds. The predicted octanol–water partition coefficient (Wildman–Crippen LogP) is 2.27. The molecule has 14 heavy (non-hydrogen) atoms. The van der Waals surface area contributed by atoms with Crippen molar-refractivity contribution in [2.24, 2.45) is 0 Å². The summed E-state index contributed by atoms with van der Waals surface area (Å²) >= 11 is 0. The van der Waals surface area contributed by atoms with Crippen molar-refractivity contribution < 1.29 is 14.6 Å². The van der Waals surface area contributed by atoms with Gasteiger partial charge in [0.05, 0.1) is 0 Å². The zero-order chi connectivity index (χ0) is 10.6. The van der Waals surface area contributed by atoms with E-state index in [0.717, 1.165) is 12.0 Å². The molecule has 0 aromatic heterocycles. The van der Waals surface area contributed by atoms with E-state index in [4.69, 9.17) is 4.74 Å². The van der Waals surface area contributed by atoms with E-state index in [1.807, 2.05) is 6.92 Å². The highest BCUT2D eigenvalue weighted by Gasteiger charge is 2.04. The maximum atomic E-state index is 10.9. The highest BCUT2D eigenvalue weighted by atomic mass is 16.5. The molecule has 76 valence electrons. The number of ether oxygens (including phenoxy) is 1. The van der Waals surface area contributed by atoms with Crippen LogP contribution in [-0.4, -0.2) is 11.1 Å². The van der Waals surface area contributed by atoms with Crippen molar-refractivity contribution in [1.82, 2.24) is 0 Å². The largest absolute Gasteiger partial charge is 0.508 e. The first-order valence-corrected chi connectivity index (χ1v) is 4.70. The number of phenols is 1. The summed E-state index contributed by atoms with van der Waals surface area (Å²) in [5.74, 6) is 0.272. The molecule has 0 saturated heterocycles. The number of aromatic hydroxyl groups is 1. The van der Waals surface area contributed by atoms with Crippen molar-refractivity contribution in [3.8, 4) is 11.5 Å². The fourth-order valence-corrected chi connectivity index (χ4v) is 1.11. The fourth-order valence-electron chi connectivity index (χ4n) is 1.11. The summed E-state index contributed by atoms with van der Waals surface area (Å²) in [6, 6.07) is 4.91. The normalized spacial score (nSPS) is 9.86. The number of rotatable bonds is 3. The molecule has 1 aromatic carbocycles. The molecular weight excluding hydrogens is 180 g/mol. The quantitative estimate of drug-likeness (QED) is 0.593. The van der Waals surface area contributed by atoms with Crippen molar-refractivity contribution in [2.75, 3.05) is 0 Å². The third kappa shape index (κ3) is 2.49. The van der Waals surface area contributed by atoms with Crippen LogP contribution in [0.1, 0.15) is 25.8 Å². The first kappa shape index (κ1) is 10.6. The monoisotopic (exact) mass is 194 g/mol. The molecule has 1 aromatic rings. The molecule has 0 bridgehead atoms. The summed E-state index contributed by atoms with van der Waals surface area (Å²) in [6.07, 6.45) is 1.09. The summed E-state index contributed by atoms with van der Waals surface area (Å²) in [5.41, 5.74) is 0.848. The van der Waals surface area contributed by atoms with Crippen LogP contribution in [0.4, 0.5) is 0 Å². The number of carbonyl (C=O) groups is 1. The highest BCUT2D eigenvalue weighted by Crippen LogP contribution is 2.23. The summed E-state index contributed by atoms with van der Waals surface area (Å²) < 4.78 is 4.94. The third-order valence-electron chi connectivity index (χ3n) is 1.96. The molecule has 0 aliphatic carbocycles. The van der Waals surface area contributed by atoms with Gasteiger partial charge in [0.15, 0.2) is 0 Å². The molecule has 1 rings (SSSR count). The maximum Gasteiger partial charge on any atom is 0.310 e. The lowest BCUT2D eigenvalue weighted by molar-refractivity contribution is -0.134. The van der Waals surface area contributed by atoms with Crippen molar-refractivity contribution in [3.05, 3.63) is 23.8 Å². The maximum absolute atomic E-state index is 10.9. The SMILES string of the molecule is CCC(=O)Oc1ccc(CC)c(O)c1. The Morgan fingerprint density at radius 2 is 2.14 bits per heavy atom. The van der Waals surface area contributed by atoms with Crippen LogP contribution in [-0.2, 0) is 11.2 Å². The summed E-state index contributed by atoms with van der Waals surface area (Å²) in [7, 11) is 0. The van der Waals surface area contributed by atoms with Crippen LogP contribution in [0.25, 0.3) is 0 Å². The average Bonchev–Trinajstić information content (AvgIpc) is 2.18. The van der Waals surface area contributed by atoms with E-state index >= 15 is 0 Å². The van der Waals surface area contributed by atoms with Gasteiger partial charge >= 0.3 is 5.97 Å². The van der Waals surface area contributed by atoms with E-state index < -0.39 is 0 Å². The van der Waals surface area contributed by atoms with Gasteiger partial charge in [-0.25, -0.2) is 0 Å². The number of phenolic OH excluding ortho intramolecular Hbond substituents is 1. The van der Waals surface area contributed by atoms with Crippen LogP contribution in [0.15, 0.2) is 18.2 Å².